The van der Waals surface area contributed by atoms with Crippen molar-refractivity contribution >= 4 is 152 Å². The Kier molecular flexibility index (Phi) is 13.5. The van der Waals surface area contributed by atoms with Crippen LogP contribution in [0.15, 0.2) is 394 Å². The summed E-state index contributed by atoms with van der Waals surface area (Å²) in [5, 5.41) is 22.7. The Balaban J connectivity index is 0.695. The van der Waals surface area contributed by atoms with Crippen molar-refractivity contribution in [2.45, 2.75) is 0 Å². The maximum absolute atomic E-state index is 7.36. The maximum Gasteiger partial charge on any atom is 0.143 e. The van der Waals surface area contributed by atoms with Crippen molar-refractivity contribution in [2.24, 2.45) is 0 Å². The van der Waals surface area contributed by atoms with Crippen LogP contribution >= 0.6 is 0 Å². The molecule has 4 aromatic heterocycles. The number of fused-ring (bicyclic) bond motifs is 18. The highest BCUT2D eigenvalue weighted by Crippen LogP contribution is 2.52. The number of hydrogen-bond donors (Lipinski definition) is 0. The molecular formula is C108H62O4. The molecule has 24 aromatic rings. The molecule has 0 aliphatic carbocycles. The van der Waals surface area contributed by atoms with Crippen LogP contribution in [-0.2, 0) is 0 Å². The summed E-state index contributed by atoms with van der Waals surface area (Å²) >= 11 is 0. The normalized spacial score (nSPS) is 12.1. The van der Waals surface area contributed by atoms with Crippen molar-refractivity contribution in [1.82, 2.24) is 0 Å². The molecule has 112 heavy (non-hydrogen) atoms. The molecule has 0 unspecified atom stereocenters. The monoisotopic (exact) mass is 1420 g/mol. The molecule has 4 heterocycles. The van der Waals surface area contributed by atoms with Gasteiger partial charge in [-0.1, -0.05) is 297 Å². The van der Waals surface area contributed by atoms with E-state index in [0.717, 1.165) is 176 Å². The van der Waals surface area contributed by atoms with E-state index >= 15 is 0 Å². The summed E-state index contributed by atoms with van der Waals surface area (Å²) in [5.74, 6) is 0. The van der Waals surface area contributed by atoms with Gasteiger partial charge in [-0.25, -0.2) is 0 Å². The van der Waals surface area contributed by atoms with Crippen LogP contribution in [0, 0.1) is 0 Å². The van der Waals surface area contributed by atoms with E-state index in [9.17, 15) is 0 Å². The van der Waals surface area contributed by atoms with Gasteiger partial charge in [0.05, 0.1) is 0 Å². The highest BCUT2D eigenvalue weighted by atomic mass is 16.3. The van der Waals surface area contributed by atoms with Gasteiger partial charge in [0.25, 0.3) is 0 Å². The van der Waals surface area contributed by atoms with Crippen molar-refractivity contribution in [2.75, 3.05) is 0 Å². The van der Waals surface area contributed by atoms with Crippen LogP contribution < -0.4 is 0 Å². The van der Waals surface area contributed by atoms with Crippen molar-refractivity contribution in [3.05, 3.63) is 376 Å². The highest BCUT2D eigenvalue weighted by Gasteiger charge is 2.26. The van der Waals surface area contributed by atoms with Crippen LogP contribution in [0.5, 0.6) is 0 Å². The van der Waals surface area contributed by atoms with E-state index in [1.165, 1.54) is 76.5 Å². The number of benzene rings is 20. The fraction of sp³-hybridized carbons (Fsp3) is 0. The Morgan fingerprint density at radius 1 is 0.134 bits per heavy atom. The average molecular weight is 1420 g/mol. The maximum atomic E-state index is 7.36. The van der Waals surface area contributed by atoms with Gasteiger partial charge in [-0.15, -0.1) is 0 Å². The molecule has 0 bridgehead atoms. The largest absolute Gasteiger partial charge is 0.456 e. The molecule has 0 saturated heterocycles. The van der Waals surface area contributed by atoms with Gasteiger partial charge in [-0.3, -0.25) is 0 Å². The number of para-hydroxylation sites is 3. The third-order valence-electron chi connectivity index (χ3n) is 23.9. The first-order valence-corrected chi connectivity index (χ1v) is 38.4. The Bertz CT molecular complexity index is 8120. The smallest absolute Gasteiger partial charge is 0.143 e. The van der Waals surface area contributed by atoms with Crippen molar-refractivity contribution in [1.29, 1.82) is 0 Å². The number of rotatable bonds is 9. The zero-order valence-corrected chi connectivity index (χ0v) is 60.4. The van der Waals surface area contributed by atoms with Crippen LogP contribution in [0.25, 0.3) is 253 Å². The molecule has 0 aliphatic rings. The zero-order valence-electron chi connectivity index (χ0n) is 60.4. The molecule has 0 saturated carbocycles. The summed E-state index contributed by atoms with van der Waals surface area (Å²) in [5.41, 5.74) is 27.2. The van der Waals surface area contributed by atoms with Gasteiger partial charge in [0.2, 0.25) is 0 Å². The van der Waals surface area contributed by atoms with Gasteiger partial charge in [0, 0.05) is 48.7 Å². The van der Waals surface area contributed by atoms with Crippen LogP contribution in [-0.4, -0.2) is 0 Å². The van der Waals surface area contributed by atoms with Gasteiger partial charge in [0.15, 0.2) is 0 Å². The summed E-state index contributed by atoms with van der Waals surface area (Å²) in [6.07, 6.45) is 0. The fourth-order valence-corrected chi connectivity index (χ4v) is 18.9. The summed E-state index contributed by atoms with van der Waals surface area (Å²) < 4.78 is 27.3. The van der Waals surface area contributed by atoms with E-state index in [1.807, 2.05) is 6.07 Å². The first kappa shape index (κ1) is 62.2. The minimum Gasteiger partial charge on any atom is -0.456 e. The van der Waals surface area contributed by atoms with Gasteiger partial charge in [-0.2, -0.15) is 0 Å². The van der Waals surface area contributed by atoms with Crippen LogP contribution in [0.2, 0.25) is 0 Å². The van der Waals surface area contributed by atoms with E-state index in [4.69, 9.17) is 17.7 Å². The van der Waals surface area contributed by atoms with Crippen LogP contribution in [0.3, 0.4) is 0 Å². The molecule has 4 heteroatoms. The van der Waals surface area contributed by atoms with Gasteiger partial charge < -0.3 is 17.7 Å². The zero-order chi connectivity index (χ0) is 73.2. The van der Waals surface area contributed by atoms with Crippen molar-refractivity contribution in [3.63, 3.8) is 0 Å². The van der Waals surface area contributed by atoms with E-state index in [1.54, 1.807) is 0 Å². The van der Waals surface area contributed by atoms with Crippen molar-refractivity contribution < 1.29 is 17.7 Å². The fourth-order valence-electron chi connectivity index (χ4n) is 18.9. The lowest BCUT2D eigenvalue weighted by atomic mass is 9.84. The first-order valence-electron chi connectivity index (χ1n) is 38.4. The first-order chi connectivity index (χ1) is 55.5. The second-order valence-corrected chi connectivity index (χ2v) is 29.9. The Morgan fingerprint density at radius 2 is 0.455 bits per heavy atom. The summed E-state index contributed by atoms with van der Waals surface area (Å²) in [6.45, 7) is 0. The quantitative estimate of drug-likeness (QED) is 0.135. The van der Waals surface area contributed by atoms with Gasteiger partial charge in [-0.05, 0) is 238 Å². The van der Waals surface area contributed by atoms with Crippen LogP contribution in [0.1, 0.15) is 0 Å². The molecule has 0 spiro atoms. The molecule has 0 aliphatic heterocycles. The van der Waals surface area contributed by atoms with E-state index in [2.05, 4.69) is 370 Å². The van der Waals surface area contributed by atoms with E-state index in [-0.39, 0.29) is 0 Å². The minimum atomic E-state index is 0.806. The molecule has 20 aromatic carbocycles. The molecular weight excluding hydrogens is 1360 g/mol. The molecule has 4 nitrogen and oxygen atoms in total. The second kappa shape index (κ2) is 24.3. The Hall–Kier alpha value is -14.8. The summed E-state index contributed by atoms with van der Waals surface area (Å²) in [4.78, 5) is 0. The minimum absolute atomic E-state index is 0.806. The molecule has 0 atom stereocenters. The third-order valence-corrected chi connectivity index (χ3v) is 23.9. The molecule has 24 rings (SSSR count). The summed E-state index contributed by atoms with van der Waals surface area (Å²) in [7, 11) is 0. The molecule has 0 N–H and O–H groups in total. The standard InChI is InChI=1S/C108H62O4/c1-3-21-63(22-4-1)71-29-11-25-65-49-51-69(59-88(65)71)103-81-35-13-31-73(67-53-55-98-94(57-67)77-27-7-9-44-96(77)109-98)90(81)61-91-74(32-14-36-82(91)103)68-54-56-99-95(58-68)107-80(41-20-47-101(107)111-99)85-42-17-43-87-106-79(40-19-48-102(106)112-108(85)87)76-34-16-38-84-93(76)62-92-75(78-39-18-46-100-105(78)86-28-8-10-45-97(86)110-100)33-15-37-83(92)104(84)70-52-50-66-26-12-30-72(89(66)60-70)64-23-5-2-6-24-64/h1-62H. The Morgan fingerprint density at radius 3 is 0.991 bits per heavy atom. The second-order valence-electron chi connectivity index (χ2n) is 29.9. The lowest BCUT2D eigenvalue weighted by Gasteiger charge is -2.18. The third kappa shape index (κ3) is 9.43. The van der Waals surface area contributed by atoms with Crippen LogP contribution in [0.4, 0.5) is 0 Å². The number of hydrogen-bond acceptors (Lipinski definition) is 4. The van der Waals surface area contributed by atoms with Gasteiger partial charge in [0.1, 0.15) is 44.7 Å². The molecule has 0 fully saturated rings. The predicted molar refractivity (Wildman–Crippen MR) is 470 cm³/mol. The molecule has 0 radical (unpaired) electrons. The van der Waals surface area contributed by atoms with E-state index < -0.39 is 0 Å². The predicted octanol–water partition coefficient (Wildman–Crippen LogP) is 31.2. The highest BCUT2D eigenvalue weighted by molar-refractivity contribution is 6.27. The lowest BCUT2D eigenvalue weighted by molar-refractivity contribution is 0.668. The summed E-state index contributed by atoms with van der Waals surface area (Å²) in [6, 6.07) is 137. The Labute approximate surface area is 642 Å². The topological polar surface area (TPSA) is 52.6 Å². The van der Waals surface area contributed by atoms with Crippen molar-refractivity contribution in [3.8, 4) is 100 Å². The average Bonchev–Trinajstić information content (AvgIpc) is 1.22. The molecule has 518 valence electrons. The van der Waals surface area contributed by atoms with E-state index in [0.29, 0.717) is 0 Å². The van der Waals surface area contributed by atoms with Gasteiger partial charge >= 0.3 is 0 Å². The lowest BCUT2D eigenvalue weighted by Crippen LogP contribution is -1.92. The number of furan rings is 4. The molecule has 0 amide bonds. The SMILES string of the molecule is c1ccc(-c2cccc3ccc(-c4c5cccc(-c6ccc7oc8ccccc8c7c6)c5cc5c(-c6ccc7oc8cccc(-c9cccc%10c9oc9cccc(-c%11cccc%12c(-c%13ccc%14cccc(-c%15ccccc%15)c%14c%13)c%13cccc(-c%14cccc%15oc%16ccccc%16c%14%15)c%13cc%11%12)c9%10)c8c7c6)cccc45)cc23)cc1.